The van der Waals surface area contributed by atoms with Gasteiger partial charge in [-0.15, -0.1) is 22.7 Å². The number of rotatable bonds is 5. The first-order valence-corrected chi connectivity index (χ1v) is 11.9. The fraction of sp³-hybridized carbons (Fsp3) is 0.174. The molecular weight excluding hydrogens is 466 g/mol. The van der Waals surface area contributed by atoms with Crippen LogP contribution in [0.3, 0.4) is 0 Å². The Morgan fingerprint density at radius 1 is 1.22 bits per heavy atom. The first-order valence-electron chi connectivity index (χ1n) is 9.82. The fourth-order valence-corrected chi connectivity index (χ4v) is 5.69. The highest BCUT2D eigenvalue weighted by Crippen LogP contribution is 2.39. The molecule has 0 bridgehead atoms. The second-order valence-corrected chi connectivity index (χ2v) is 9.46. The number of carbonyl (C=O) groups is 2. The van der Waals surface area contributed by atoms with E-state index in [0.29, 0.717) is 36.5 Å². The molecule has 0 radical (unpaired) electrons. The van der Waals surface area contributed by atoms with E-state index in [2.05, 4.69) is 10.3 Å². The van der Waals surface area contributed by atoms with E-state index in [1.807, 2.05) is 37.4 Å². The number of amides is 1. The Bertz CT molecular complexity index is 1340. The van der Waals surface area contributed by atoms with Crippen molar-refractivity contribution in [3.05, 3.63) is 62.4 Å². The number of hydrogen-bond donors (Lipinski definition) is 2. The smallest absolute Gasteiger partial charge is 0.341 e. The van der Waals surface area contributed by atoms with Gasteiger partial charge in [-0.05, 0) is 50.1 Å². The number of esters is 1. The molecule has 0 unspecified atom stereocenters. The Hall–Kier alpha value is -2.94. The number of nitrogens with zero attached hydrogens (tertiary/aromatic N) is 1. The van der Waals surface area contributed by atoms with Crippen molar-refractivity contribution in [3.8, 4) is 11.1 Å². The van der Waals surface area contributed by atoms with Crippen molar-refractivity contribution >= 4 is 67.1 Å². The van der Waals surface area contributed by atoms with Crippen molar-refractivity contribution in [2.45, 2.75) is 20.8 Å². The Balaban J connectivity index is 1.74. The molecule has 4 rings (SSSR count). The molecule has 32 heavy (non-hydrogen) atoms. The van der Waals surface area contributed by atoms with Crippen LogP contribution in [0.5, 0.6) is 0 Å². The number of fused-ring (bicyclic) bond motifs is 1. The minimum Gasteiger partial charge on any atom is -0.462 e. The zero-order valence-electron chi connectivity index (χ0n) is 17.6. The van der Waals surface area contributed by atoms with Crippen LogP contribution < -0.4 is 11.1 Å². The first-order chi connectivity index (χ1) is 15.3. The molecule has 9 heteroatoms. The van der Waals surface area contributed by atoms with E-state index in [9.17, 15) is 9.59 Å². The minimum absolute atomic E-state index is 0.218. The van der Waals surface area contributed by atoms with Crippen LogP contribution in [-0.2, 0) is 4.74 Å². The summed E-state index contributed by atoms with van der Waals surface area (Å²) in [5, 5.41) is 6.45. The van der Waals surface area contributed by atoms with Gasteiger partial charge in [-0.3, -0.25) is 4.79 Å². The predicted octanol–water partition coefficient (Wildman–Crippen LogP) is 6.31. The average molecular weight is 486 g/mol. The van der Waals surface area contributed by atoms with Gasteiger partial charge in [0.15, 0.2) is 0 Å². The van der Waals surface area contributed by atoms with Crippen LogP contribution in [-0.4, -0.2) is 23.5 Å². The van der Waals surface area contributed by atoms with Gasteiger partial charge in [-0.25, -0.2) is 9.78 Å². The molecule has 0 aliphatic rings. The lowest BCUT2D eigenvalue weighted by Gasteiger charge is -2.09. The summed E-state index contributed by atoms with van der Waals surface area (Å²) >= 11 is 8.49. The number of ether oxygens (including phenoxy) is 1. The molecule has 3 aromatic heterocycles. The monoisotopic (exact) mass is 485 g/mol. The molecule has 0 fully saturated rings. The van der Waals surface area contributed by atoms with Gasteiger partial charge in [-0.2, -0.15) is 0 Å². The molecule has 6 nitrogen and oxygen atoms in total. The number of halogens is 1. The third kappa shape index (κ3) is 4.09. The van der Waals surface area contributed by atoms with Crippen LogP contribution in [0.25, 0.3) is 21.3 Å². The third-order valence-corrected chi connectivity index (χ3v) is 7.13. The lowest BCUT2D eigenvalue weighted by molar-refractivity contribution is 0.0529. The first kappa shape index (κ1) is 22.3. The van der Waals surface area contributed by atoms with Gasteiger partial charge in [0.05, 0.1) is 12.3 Å². The van der Waals surface area contributed by atoms with Crippen molar-refractivity contribution in [1.29, 1.82) is 0 Å². The number of aromatic nitrogens is 1. The highest BCUT2D eigenvalue weighted by Gasteiger charge is 2.25. The van der Waals surface area contributed by atoms with Gasteiger partial charge in [-0.1, -0.05) is 23.7 Å². The Kier molecular flexibility index (Phi) is 6.19. The van der Waals surface area contributed by atoms with Crippen LogP contribution in [0.1, 0.15) is 38.2 Å². The number of nitrogens with two attached hydrogens (primary N) is 1. The summed E-state index contributed by atoms with van der Waals surface area (Å²) in [7, 11) is 0. The van der Waals surface area contributed by atoms with E-state index in [-0.39, 0.29) is 6.61 Å². The van der Waals surface area contributed by atoms with Crippen LogP contribution in [0, 0.1) is 13.8 Å². The second kappa shape index (κ2) is 8.90. The van der Waals surface area contributed by atoms with E-state index >= 15 is 0 Å². The lowest BCUT2D eigenvalue weighted by atomic mass is 10.0. The number of hydrogen-bond acceptors (Lipinski definition) is 7. The maximum absolute atomic E-state index is 13.2. The van der Waals surface area contributed by atoms with Gasteiger partial charge in [0, 0.05) is 27.0 Å². The maximum atomic E-state index is 13.2. The van der Waals surface area contributed by atoms with E-state index < -0.39 is 11.9 Å². The summed E-state index contributed by atoms with van der Waals surface area (Å²) in [5.74, 6) is -0.899. The number of thiophene rings is 2. The van der Waals surface area contributed by atoms with Gasteiger partial charge in [0.2, 0.25) is 0 Å². The Labute approximate surface area is 198 Å². The summed E-state index contributed by atoms with van der Waals surface area (Å²) in [4.78, 5) is 31.5. The van der Waals surface area contributed by atoms with E-state index in [0.717, 1.165) is 22.2 Å². The maximum Gasteiger partial charge on any atom is 0.341 e. The van der Waals surface area contributed by atoms with E-state index in [1.54, 1.807) is 19.1 Å². The number of benzene rings is 1. The van der Waals surface area contributed by atoms with Gasteiger partial charge < -0.3 is 15.8 Å². The zero-order chi connectivity index (χ0) is 23.0. The normalized spacial score (nSPS) is 11.0. The molecule has 0 aliphatic heterocycles. The van der Waals surface area contributed by atoms with Crippen molar-refractivity contribution in [2.24, 2.45) is 0 Å². The quantitative estimate of drug-likeness (QED) is 0.323. The average Bonchev–Trinajstić information content (AvgIpc) is 3.30. The van der Waals surface area contributed by atoms with Crippen LogP contribution in [0.4, 0.5) is 10.7 Å². The zero-order valence-corrected chi connectivity index (χ0v) is 20.0. The van der Waals surface area contributed by atoms with Crippen molar-refractivity contribution in [2.75, 3.05) is 17.7 Å². The number of anilines is 2. The molecule has 0 saturated heterocycles. The molecule has 0 spiro atoms. The van der Waals surface area contributed by atoms with Gasteiger partial charge in [0.1, 0.15) is 20.3 Å². The number of nitrogens with one attached hydrogen (secondary N) is 1. The summed E-state index contributed by atoms with van der Waals surface area (Å²) < 4.78 is 5.26. The van der Waals surface area contributed by atoms with Gasteiger partial charge in [0.25, 0.3) is 5.91 Å². The molecule has 1 amide bonds. The summed E-state index contributed by atoms with van der Waals surface area (Å²) in [6.45, 7) is 5.80. The molecular formula is C23H20ClN3O3S2. The molecule has 4 aromatic rings. The second-order valence-electron chi connectivity index (χ2n) is 7.14. The largest absolute Gasteiger partial charge is 0.462 e. The Morgan fingerprint density at radius 2 is 1.94 bits per heavy atom. The topological polar surface area (TPSA) is 94.3 Å². The number of nitrogen functional groups attached to an aromatic ring is 1. The van der Waals surface area contributed by atoms with Crippen LogP contribution in [0.2, 0.25) is 5.02 Å². The molecule has 0 aliphatic carbocycles. The molecule has 3 N–H and O–H groups in total. The van der Waals surface area contributed by atoms with E-state index in [4.69, 9.17) is 22.1 Å². The molecule has 0 atom stereocenters. The summed E-state index contributed by atoms with van der Waals surface area (Å²) in [6.07, 6.45) is 0. The standard InChI is InChI=1S/C23H20ClN3O3S2/c1-4-30-23(29)17-15(13-5-7-14(24)8-6-13)10-31-21(17)27-20(28)19-18(25)16-11(2)9-12(3)26-22(16)32-19/h5-10H,4,25H2,1-3H3,(H,27,28). The number of aryl methyl sites for hydroxylation is 2. The molecule has 0 saturated carbocycles. The summed E-state index contributed by atoms with van der Waals surface area (Å²) in [6, 6.07) is 9.07. The minimum atomic E-state index is -0.508. The Morgan fingerprint density at radius 3 is 2.62 bits per heavy atom. The predicted molar refractivity (Wildman–Crippen MR) is 132 cm³/mol. The molecule has 1 aromatic carbocycles. The number of carbonyl (C=O) groups excluding carboxylic acids is 2. The number of pyridine rings is 1. The SMILES string of the molecule is CCOC(=O)c1c(-c2ccc(Cl)cc2)csc1NC(=O)c1sc2nc(C)cc(C)c2c1N. The van der Waals surface area contributed by atoms with Crippen LogP contribution >= 0.6 is 34.3 Å². The fourth-order valence-electron chi connectivity index (χ4n) is 3.50. The molecule has 3 heterocycles. The van der Waals surface area contributed by atoms with Crippen molar-refractivity contribution in [3.63, 3.8) is 0 Å². The lowest BCUT2D eigenvalue weighted by Crippen LogP contribution is -2.15. The summed E-state index contributed by atoms with van der Waals surface area (Å²) in [5.41, 5.74) is 10.3. The van der Waals surface area contributed by atoms with Crippen molar-refractivity contribution < 1.29 is 14.3 Å². The van der Waals surface area contributed by atoms with Gasteiger partial charge >= 0.3 is 5.97 Å². The van der Waals surface area contributed by atoms with Crippen LogP contribution in [0.15, 0.2) is 35.7 Å². The highest BCUT2D eigenvalue weighted by atomic mass is 35.5. The van der Waals surface area contributed by atoms with E-state index in [1.165, 1.54) is 22.7 Å². The third-order valence-electron chi connectivity index (χ3n) is 4.88. The highest BCUT2D eigenvalue weighted by molar-refractivity contribution is 7.21. The van der Waals surface area contributed by atoms with Crippen molar-refractivity contribution in [1.82, 2.24) is 4.98 Å². The molecule has 164 valence electrons.